The van der Waals surface area contributed by atoms with Crippen molar-refractivity contribution in [2.75, 3.05) is 13.2 Å². The maximum absolute atomic E-state index is 12.5. The second kappa shape index (κ2) is 10.8. The molecule has 0 aliphatic heterocycles. The number of ether oxygens (including phenoxy) is 1. The molecule has 1 aliphatic rings. The van der Waals surface area contributed by atoms with Gasteiger partial charge in [0.2, 0.25) is 17.7 Å². The predicted octanol–water partition coefficient (Wildman–Crippen LogP) is 1.22. The van der Waals surface area contributed by atoms with Crippen LogP contribution >= 0.6 is 0 Å². The van der Waals surface area contributed by atoms with Crippen LogP contribution in [0.1, 0.15) is 43.7 Å². The quantitative estimate of drug-likeness (QED) is 0.590. The van der Waals surface area contributed by atoms with Gasteiger partial charge in [0.25, 0.3) is 0 Å². The molecular formula is C21H31N3O4. The number of amides is 3. The number of carbonyl (C=O) groups is 3. The van der Waals surface area contributed by atoms with E-state index in [1.807, 2.05) is 38.1 Å². The van der Waals surface area contributed by atoms with Crippen molar-refractivity contribution < 1.29 is 19.1 Å². The summed E-state index contributed by atoms with van der Waals surface area (Å²) in [7, 11) is 0. The maximum Gasteiger partial charge on any atom is 0.236 e. The van der Waals surface area contributed by atoms with Crippen LogP contribution in [0.5, 0.6) is 0 Å². The molecule has 0 radical (unpaired) electrons. The van der Waals surface area contributed by atoms with Crippen molar-refractivity contribution >= 4 is 17.7 Å². The molecule has 4 N–H and O–H groups in total. The molecule has 0 unspecified atom stereocenters. The van der Waals surface area contributed by atoms with Crippen LogP contribution in [-0.4, -0.2) is 43.0 Å². The number of benzene rings is 1. The zero-order valence-corrected chi connectivity index (χ0v) is 16.7. The van der Waals surface area contributed by atoms with Gasteiger partial charge in [-0.15, -0.1) is 0 Å². The van der Waals surface area contributed by atoms with E-state index in [0.717, 1.165) is 17.5 Å². The number of hydrogen-bond donors (Lipinski definition) is 3. The Morgan fingerprint density at radius 2 is 1.96 bits per heavy atom. The molecular weight excluding hydrogens is 358 g/mol. The maximum atomic E-state index is 12.5. The van der Waals surface area contributed by atoms with Crippen molar-refractivity contribution in [3.63, 3.8) is 0 Å². The van der Waals surface area contributed by atoms with Crippen LogP contribution in [0.15, 0.2) is 24.3 Å². The third-order valence-corrected chi connectivity index (χ3v) is 5.09. The molecule has 0 heterocycles. The number of carbonyl (C=O) groups excluding carboxylic acids is 3. The molecule has 3 atom stereocenters. The monoisotopic (exact) mass is 389 g/mol. The summed E-state index contributed by atoms with van der Waals surface area (Å²) in [6.45, 7) is 4.42. The van der Waals surface area contributed by atoms with Crippen LogP contribution in [0.3, 0.4) is 0 Å². The molecule has 0 bridgehead atoms. The van der Waals surface area contributed by atoms with Gasteiger partial charge < -0.3 is 21.1 Å². The van der Waals surface area contributed by atoms with Crippen LogP contribution in [0, 0.1) is 12.8 Å². The number of primary amides is 1. The van der Waals surface area contributed by atoms with E-state index in [4.69, 9.17) is 10.5 Å². The van der Waals surface area contributed by atoms with Gasteiger partial charge in [-0.3, -0.25) is 14.4 Å². The average Bonchev–Trinajstić information content (AvgIpc) is 2.67. The first kappa shape index (κ1) is 21.9. The van der Waals surface area contributed by atoms with E-state index in [2.05, 4.69) is 10.6 Å². The Balaban J connectivity index is 1.95. The molecule has 154 valence electrons. The Morgan fingerprint density at radius 1 is 1.21 bits per heavy atom. The summed E-state index contributed by atoms with van der Waals surface area (Å²) in [6, 6.07) is 7.71. The highest BCUT2D eigenvalue weighted by molar-refractivity contribution is 5.85. The summed E-state index contributed by atoms with van der Waals surface area (Å²) in [5.41, 5.74) is 7.18. The van der Waals surface area contributed by atoms with Gasteiger partial charge in [-0.2, -0.15) is 0 Å². The molecule has 1 saturated carbocycles. The summed E-state index contributed by atoms with van der Waals surface area (Å²) in [4.78, 5) is 35.7. The largest absolute Gasteiger partial charge is 0.376 e. The van der Waals surface area contributed by atoms with Crippen molar-refractivity contribution in [2.45, 2.75) is 58.1 Å². The van der Waals surface area contributed by atoms with E-state index in [0.29, 0.717) is 32.3 Å². The van der Waals surface area contributed by atoms with Gasteiger partial charge in [0.1, 0.15) is 0 Å². The molecule has 0 aromatic heterocycles. The Hall–Kier alpha value is -2.41. The fraction of sp³-hybridized carbons (Fsp3) is 0.571. The smallest absolute Gasteiger partial charge is 0.236 e. The minimum absolute atomic E-state index is 0.0407. The Labute approximate surface area is 166 Å². The summed E-state index contributed by atoms with van der Waals surface area (Å²) >= 11 is 0. The third-order valence-electron chi connectivity index (χ3n) is 5.09. The molecule has 3 amide bonds. The van der Waals surface area contributed by atoms with E-state index in [-0.39, 0.29) is 36.4 Å². The molecule has 1 fully saturated rings. The van der Waals surface area contributed by atoms with Gasteiger partial charge in [0, 0.05) is 12.5 Å². The molecule has 2 rings (SSSR count). The van der Waals surface area contributed by atoms with Crippen LogP contribution in [0.2, 0.25) is 0 Å². The topological polar surface area (TPSA) is 111 Å². The standard InChI is InChI=1S/C21H31N3O4/c1-3-10-28-18-11-16(21(27)23-13-19(22)25)8-9-17(18)24-20(26)12-15-7-5-4-6-14(15)2/h4-7,16-18H,3,8-13H2,1-2H3,(H2,22,25)(H,23,27)(H,24,26)/t16-,17+,18+/m0/s1. The van der Waals surface area contributed by atoms with Gasteiger partial charge in [-0.25, -0.2) is 0 Å². The second-order valence-electron chi connectivity index (χ2n) is 7.38. The minimum atomic E-state index is -0.565. The minimum Gasteiger partial charge on any atom is -0.376 e. The highest BCUT2D eigenvalue weighted by Gasteiger charge is 2.35. The zero-order chi connectivity index (χ0) is 20.5. The van der Waals surface area contributed by atoms with Gasteiger partial charge in [-0.05, 0) is 43.7 Å². The number of aryl methyl sites for hydroxylation is 1. The summed E-state index contributed by atoms with van der Waals surface area (Å²) in [5, 5.41) is 5.66. The van der Waals surface area contributed by atoms with Gasteiger partial charge in [-0.1, -0.05) is 31.2 Å². The molecule has 7 heteroatoms. The first-order chi connectivity index (χ1) is 13.4. The third kappa shape index (κ3) is 6.64. The molecule has 1 aromatic carbocycles. The highest BCUT2D eigenvalue weighted by atomic mass is 16.5. The molecule has 7 nitrogen and oxygen atoms in total. The molecule has 0 saturated heterocycles. The molecule has 1 aromatic rings. The molecule has 1 aliphatic carbocycles. The van der Waals surface area contributed by atoms with Crippen LogP contribution in [0.25, 0.3) is 0 Å². The zero-order valence-electron chi connectivity index (χ0n) is 16.7. The molecule has 0 spiro atoms. The number of nitrogens with one attached hydrogen (secondary N) is 2. The van der Waals surface area contributed by atoms with Gasteiger partial charge in [0.05, 0.1) is 25.1 Å². The lowest BCUT2D eigenvalue weighted by Gasteiger charge is -2.36. The Bertz CT molecular complexity index is 692. The van der Waals surface area contributed by atoms with Gasteiger partial charge in [0.15, 0.2) is 0 Å². The predicted molar refractivity (Wildman–Crippen MR) is 106 cm³/mol. The van der Waals surface area contributed by atoms with Crippen molar-refractivity contribution in [3.05, 3.63) is 35.4 Å². The normalized spacial score (nSPS) is 21.7. The van der Waals surface area contributed by atoms with Crippen LogP contribution < -0.4 is 16.4 Å². The Morgan fingerprint density at radius 3 is 2.64 bits per heavy atom. The second-order valence-corrected chi connectivity index (χ2v) is 7.38. The number of hydrogen-bond acceptors (Lipinski definition) is 4. The Kier molecular flexibility index (Phi) is 8.44. The first-order valence-corrected chi connectivity index (χ1v) is 9.92. The first-order valence-electron chi connectivity index (χ1n) is 9.92. The lowest BCUT2D eigenvalue weighted by molar-refractivity contribution is -0.131. The highest BCUT2D eigenvalue weighted by Crippen LogP contribution is 2.27. The van der Waals surface area contributed by atoms with E-state index >= 15 is 0 Å². The van der Waals surface area contributed by atoms with Crippen LogP contribution in [-0.2, 0) is 25.5 Å². The van der Waals surface area contributed by atoms with Gasteiger partial charge >= 0.3 is 0 Å². The summed E-state index contributed by atoms with van der Waals surface area (Å²) in [5.74, 6) is -1.04. The number of rotatable bonds is 9. The lowest BCUT2D eigenvalue weighted by Crippen LogP contribution is -2.51. The van der Waals surface area contributed by atoms with E-state index < -0.39 is 5.91 Å². The van der Waals surface area contributed by atoms with Crippen molar-refractivity contribution in [3.8, 4) is 0 Å². The fourth-order valence-corrected chi connectivity index (χ4v) is 3.54. The fourth-order valence-electron chi connectivity index (χ4n) is 3.54. The van der Waals surface area contributed by atoms with Crippen molar-refractivity contribution in [2.24, 2.45) is 11.7 Å². The average molecular weight is 389 g/mol. The van der Waals surface area contributed by atoms with E-state index in [1.54, 1.807) is 0 Å². The molecule has 28 heavy (non-hydrogen) atoms. The van der Waals surface area contributed by atoms with Crippen molar-refractivity contribution in [1.82, 2.24) is 10.6 Å². The summed E-state index contributed by atoms with van der Waals surface area (Å²) < 4.78 is 5.94. The SMILES string of the molecule is CCCO[C@@H]1C[C@@H](C(=O)NCC(N)=O)CC[C@H]1NC(=O)Cc1ccccc1C. The van der Waals surface area contributed by atoms with E-state index in [9.17, 15) is 14.4 Å². The summed E-state index contributed by atoms with van der Waals surface area (Å²) in [6.07, 6.45) is 2.76. The van der Waals surface area contributed by atoms with E-state index in [1.165, 1.54) is 0 Å². The van der Waals surface area contributed by atoms with Crippen molar-refractivity contribution in [1.29, 1.82) is 0 Å². The van der Waals surface area contributed by atoms with Crippen LogP contribution in [0.4, 0.5) is 0 Å². The lowest BCUT2D eigenvalue weighted by atomic mass is 9.83. The number of nitrogens with two attached hydrogens (primary N) is 1.